The van der Waals surface area contributed by atoms with Crippen molar-refractivity contribution < 1.29 is 0 Å². The summed E-state index contributed by atoms with van der Waals surface area (Å²) < 4.78 is 0. The predicted octanol–water partition coefficient (Wildman–Crippen LogP) is 3.15. The van der Waals surface area contributed by atoms with Crippen molar-refractivity contribution >= 4 is 17.4 Å². The minimum Gasteiger partial charge on any atom is -0.366 e. The van der Waals surface area contributed by atoms with E-state index in [1.807, 2.05) is 6.07 Å². The molecule has 3 rings (SSSR count). The topological polar surface area (TPSA) is 41.0 Å². The first-order chi connectivity index (χ1) is 9.52. The molecule has 0 radical (unpaired) electrons. The van der Waals surface area contributed by atoms with Gasteiger partial charge in [-0.05, 0) is 32.6 Å². The fourth-order valence-electron chi connectivity index (χ4n) is 2.84. The number of hydrogen-bond acceptors (Lipinski definition) is 4. The lowest BCUT2D eigenvalue weighted by atomic mass is 10.1. The van der Waals surface area contributed by atoms with E-state index in [-0.39, 0.29) is 0 Å². The van der Waals surface area contributed by atoms with Gasteiger partial charge in [0, 0.05) is 37.2 Å². The van der Waals surface area contributed by atoms with E-state index < -0.39 is 0 Å². The molecule has 0 aromatic carbocycles. The fourth-order valence-corrected chi connectivity index (χ4v) is 3.03. The van der Waals surface area contributed by atoms with E-state index in [1.54, 1.807) is 0 Å². The Morgan fingerprint density at radius 1 is 1.30 bits per heavy atom. The summed E-state index contributed by atoms with van der Waals surface area (Å²) in [7, 11) is 0. The van der Waals surface area contributed by atoms with Gasteiger partial charge in [0.05, 0.1) is 0 Å². The Labute approximate surface area is 125 Å². The molecule has 110 valence electrons. The molecule has 1 N–H and O–H groups in total. The molecule has 2 heterocycles. The van der Waals surface area contributed by atoms with Gasteiger partial charge in [0.1, 0.15) is 16.8 Å². The number of nitrogens with one attached hydrogen (secondary N) is 1. The van der Waals surface area contributed by atoms with Crippen LogP contribution >= 0.6 is 11.6 Å². The first-order valence-electron chi connectivity index (χ1n) is 7.58. The molecular formula is C15H23ClN4. The van der Waals surface area contributed by atoms with E-state index in [4.69, 9.17) is 11.6 Å². The van der Waals surface area contributed by atoms with Crippen LogP contribution in [0.1, 0.15) is 45.4 Å². The van der Waals surface area contributed by atoms with Crippen LogP contribution in [0.5, 0.6) is 0 Å². The molecule has 1 saturated heterocycles. The third-order valence-corrected chi connectivity index (χ3v) is 4.55. The van der Waals surface area contributed by atoms with Crippen LogP contribution in [0, 0.1) is 5.92 Å². The van der Waals surface area contributed by atoms with Gasteiger partial charge in [-0.2, -0.15) is 0 Å². The average molecular weight is 295 g/mol. The van der Waals surface area contributed by atoms with Gasteiger partial charge >= 0.3 is 0 Å². The highest BCUT2D eigenvalue weighted by molar-refractivity contribution is 6.29. The summed E-state index contributed by atoms with van der Waals surface area (Å²) in [6.07, 6.45) is 2.39. The van der Waals surface area contributed by atoms with Crippen LogP contribution in [-0.2, 0) is 0 Å². The van der Waals surface area contributed by atoms with Crippen molar-refractivity contribution in [3.8, 4) is 0 Å². The zero-order chi connectivity index (χ0) is 14.3. The summed E-state index contributed by atoms with van der Waals surface area (Å²) >= 11 is 6.12. The summed E-state index contributed by atoms with van der Waals surface area (Å²) in [5.74, 6) is 2.94. The van der Waals surface area contributed by atoms with Gasteiger partial charge in [-0.3, -0.25) is 4.90 Å². The third-order valence-electron chi connectivity index (χ3n) is 4.36. The van der Waals surface area contributed by atoms with E-state index in [0.29, 0.717) is 29.1 Å². The summed E-state index contributed by atoms with van der Waals surface area (Å²) in [6.45, 7) is 9.01. The number of likely N-dealkylation sites (tertiary alicyclic amines) is 1. The van der Waals surface area contributed by atoms with E-state index in [9.17, 15) is 0 Å². The van der Waals surface area contributed by atoms with Crippen molar-refractivity contribution in [1.29, 1.82) is 0 Å². The van der Waals surface area contributed by atoms with Gasteiger partial charge in [0.2, 0.25) is 0 Å². The Hall–Kier alpha value is -0.870. The van der Waals surface area contributed by atoms with Crippen molar-refractivity contribution in [2.45, 2.75) is 51.6 Å². The quantitative estimate of drug-likeness (QED) is 0.866. The van der Waals surface area contributed by atoms with Crippen molar-refractivity contribution in [2.24, 2.45) is 5.92 Å². The molecule has 5 heteroatoms. The SMILES string of the molecule is CC1CN(C(C)C)CC1Nc1cc(Cl)nc(C2CC2)n1. The molecule has 0 bridgehead atoms. The molecule has 1 aliphatic carbocycles. The third kappa shape index (κ3) is 3.07. The van der Waals surface area contributed by atoms with E-state index in [2.05, 4.69) is 41.0 Å². The summed E-state index contributed by atoms with van der Waals surface area (Å²) in [4.78, 5) is 11.5. The second kappa shape index (κ2) is 5.49. The number of halogens is 1. The Bertz CT molecular complexity index is 487. The van der Waals surface area contributed by atoms with Crippen LogP contribution in [0.25, 0.3) is 0 Å². The van der Waals surface area contributed by atoms with Gasteiger partial charge in [-0.25, -0.2) is 9.97 Å². The van der Waals surface area contributed by atoms with Crippen molar-refractivity contribution in [1.82, 2.24) is 14.9 Å². The summed E-state index contributed by atoms with van der Waals surface area (Å²) in [6, 6.07) is 2.88. The van der Waals surface area contributed by atoms with Gasteiger partial charge < -0.3 is 5.32 Å². The Kier molecular flexibility index (Phi) is 3.87. The summed E-state index contributed by atoms with van der Waals surface area (Å²) in [5.41, 5.74) is 0. The number of anilines is 1. The lowest BCUT2D eigenvalue weighted by Gasteiger charge is -2.20. The normalized spacial score (nSPS) is 27.2. The van der Waals surface area contributed by atoms with Crippen LogP contribution in [0.15, 0.2) is 6.07 Å². The lowest BCUT2D eigenvalue weighted by molar-refractivity contribution is 0.267. The molecule has 1 saturated carbocycles. The average Bonchev–Trinajstić information content (AvgIpc) is 3.15. The molecular weight excluding hydrogens is 272 g/mol. The maximum atomic E-state index is 6.12. The molecule has 0 spiro atoms. The number of aromatic nitrogens is 2. The second-order valence-corrected chi connectivity index (χ2v) is 6.87. The highest BCUT2D eigenvalue weighted by atomic mass is 35.5. The maximum Gasteiger partial charge on any atom is 0.135 e. The minimum atomic E-state index is 0.440. The number of hydrogen-bond donors (Lipinski definition) is 1. The highest BCUT2D eigenvalue weighted by Crippen LogP contribution is 2.39. The van der Waals surface area contributed by atoms with E-state index in [1.165, 1.54) is 12.8 Å². The van der Waals surface area contributed by atoms with Crippen LogP contribution < -0.4 is 5.32 Å². The fraction of sp³-hybridized carbons (Fsp3) is 0.733. The number of nitrogens with zero attached hydrogens (tertiary/aromatic N) is 3. The monoisotopic (exact) mass is 294 g/mol. The summed E-state index contributed by atoms with van der Waals surface area (Å²) in [5, 5.41) is 4.11. The minimum absolute atomic E-state index is 0.440. The Balaban J connectivity index is 1.71. The molecule has 1 aliphatic heterocycles. The van der Waals surface area contributed by atoms with Crippen molar-refractivity contribution in [2.75, 3.05) is 18.4 Å². The van der Waals surface area contributed by atoms with Gasteiger partial charge in [0.15, 0.2) is 0 Å². The Morgan fingerprint density at radius 3 is 2.65 bits per heavy atom. The van der Waals surface area contributed by atoms with E-state index >= 15 is 0 Å². The molecule has 20 heavy (non-hydrogen) atoms. The highest BCUT2D eigenvalue weighted by Gasteiger charge is 2.32. The molecule has 2 atom stereocenters. The molecule has 1 aromatic rings. The number of rotatable bonds is 4. The molecule has 2 aliphatic rings. The van der Waals surface area contributed by atoms with Crippen molar-refractivity contribution in [3.63, 3.8) is 0 Å². The van der Waals surface area contributed by atoms with Crippen LogP contribution in [0.4, 0.5) is 5.82 Å². The largest absolute Gasteiger partial charge is 0.366 e. The molecule has 2 unspecified atom stereocenters. The van der Waals surface area contributed by atoms with Gasteiger partial charge in [-0.15, -0.1) is 0 Å². The molecule has 1 aromatic heterocycles. The zero-order valence-corrected chi connectivity index (χ0v) is 13.2. The van der Waals surface area contributed by atoms with Gasteiger partial charge in [-0.1, -0.05) is 18.5 Å². The first-order valence-corrected chi connectivity index (χ1v) is 7.96. The van der Waals surface area contributed by atoms with Crippen LogP contribution in [0.3, 0.4) is 0 Å². The predicted molar refractivity (Wildman–Crippen MR) is 82.3 cm³/mol. The standard InChI is InChI=1S/C15H23ClN4/c1-9(2)20-7-10(3)12(8-20)17-14-6-13(16)18-15(19-14)11-4-5-11/h6,9-12H,4-5,7-8H2,1-3H3,(H,17,18,19). The van der Waals surface area contributed by atoms with Crippen LogP contribution in [0.2, 0.25) is 5.15 Å². The second-order valence-electron chi connectivity index (χ2n) is 6.48. The smallest absolute Gasteiger partial charge is 0.135 e. The van der Waals surface area contributed by atoms with Crippen molar-refractivity contribution in [3.05, 3.63) is 17.0 Å². The zero-order valence-electron chi connectivity index (χ0n) is 12.4. The lowest BCUT2D eigenvalue weighted by Crippen LogP contribution is -2.31. The molecule has 4 nitrogen and oxygen atoms in total. The maximum absolute atomic E-state index is 6.12. The Morgan fingerprint density at radius 2 is 2.05 bits per heavy atom. The van der Waals surface area contributed by atoms with Crippen LogP contribution in [-0.4, -0.2) is 40.0 Å². The van der Waals surface area contributed by atoms with E-state index in [0.717, 1.165) is 24.7 Å². The van der Waals surface area contributed by atoms with Gasteiger partial charge in [0.25, 0.3) is 0 Å². The molecule has 0 amide bonds. The molecule has 2 fully saturated rings. The first kappa shape index (κ1) is 14.1.